The first-order chi connectivity index (χ1) is 12.7. The van der Waals surface area contributed by atoms with E-state index < -0.39 is 0 Å². The lowest BCUT2D eigenvalue weighted by molar-refractivity contribution is 0.385. The normalized spacial score (nSPS) is 12.5. The first-order valence-corrected chi connectivity index (χ1v) is 9.50. The molecule has 4 aromatic rings. The van der Waals surface area contributed by atoms with Crippen molar-refractivity contribution in [2.24, 2.45) is 5.73 Å². The van der Waals surface area contributed by atoms with Crippen LogP contribution in [0.4, 0.5) is 0 Å². The van der Waals surface area contributed by atoms with Crippen molar-refractivity contribution in [3.05, 3.63) is 77.3 Å². The largest absolute Gasteiger partial charge is 0.414 e. The Kier molecular flexibility index (Phi) is 4.77. The molecule has 0 aliphatic carbocycles. The molecule has 2 heterocycles. The van der Waals surface area contributed by atoms with Gasteiger partial charge in [0.05, 0.1) is 6.04 Å². The second-order valence-corrected chi connectivity index (χ2v) is 7.22. The summed E-state index contributed by atoms with van der Waals surface area (Å²) in [6.07, 6.45) is 2.64. The predicted molar refractivity (Wildman–Crippen MR) is 104 cm³/mol. The number of aryl methyl sites for hydroxylation is 1. The van der Waals surface area contributed by atoms with Crippen molar-refractivity contribution < 1.29 is 4.42 Å². The molecule has 0 unspecified atom stereocenters. The maximum Gasteiger partial charge on any atom is 0.276 e. The Hall–Kier alpha value is -2.57. The van der Waals surface area contributed by atoms with Gasteiger partial charge in [0, 0.05) is 22.9 Å². The van der Waals surface area contributed by atoms with Crippen molar-refractivity contribution in [2.75, 3.05) is 0 Å². The van der Waals surface area contributed by atoms with E-state index in [0.717, 1.165) is 16.8 Å². The van der Waals surface area contributed by atoms with Crippen molar-refractivity contribution in [2.45, 2.75) is 30.4 Å². The summed E-state index contributed by atoms with van der Waals surface area (Å²) in [5.41, 5.74) is 11.1. The Labute approximate surface area is 156 Å². The standard InChI is InChI=1S/C20H20N4OS/c1-13-6-2-3-7-14(13)12-26-20-24-23-19(25-20)17(21)10-15-11-22-18-9-5-4-8-16(15)18/h2-9,11,17,22H,10,12,21H2,1H3/t17-/m0/s1. The molecule has 0 bridgehead atoms. The Morgan fingerprint density at radius 2 is 1.88 bits per heavy atom. The molecular formula is C20H20N4OS. The minimum atomic E-state index is -0.325. The second-order valence-electron chi connectivity index (χ2n) is 6.29. The lowest BCUT2D eigenvalue weighted by Crippen LogP contribution is -2.13. The van der Waals surface area contributed by atoms with Crippen molar-refractivity contribution in [3.8, 4) is 0 Å². The Morgan fingerprint density at radius 1 is 1.08 bits per heavy atom. The summed E-state index contributed by atoms with van der Waals surface area (Å²) < 4.78 is 5.77. The van der Waals surface area contributed by atoms with Gasteiger partial charge in [-0.3, -0.25) is 0 Å². The number of nitrogens with zero attached hydrogens (tertiary/aromatic N) is 2. The molecule has 6 heteroatoms. The van der Waals surface area contributed by atoms with Crippen LogP contribution in [0.3, 0.4) is 0 Å². The summed E-state index contributed by atoms with van der Waals surface area (Å²) in [6.45, 7) is 2.10. The minimum absolute atomic E-state index is 0.325. The molecule has 0 saturated carbocycles. The van der Waals surface area contributed by atoms with Crippen molar-refractivity contribution in [1.82, 2.24) is 15.2 Å². The van der Waals surface area contributed by atoms with Gasteiger partial charge in [0.25, 0.3) is 5.22 Å². The number of aromatic amines is 1. The molecular weight excluding hydrogens is 344 g/mol. The summed E-state index contributed by atoms with van der Waals surface area (Å²) in [5.74, 6) is 1.27. The van der Waals surface area contributed by atoms with Crippen LogP contribution < -0.4 is 5.73 Å². The Morgan fingerprint density at radius 3 is 2.77 bits per heavy atom. The fourth-order valence-corrected chi connectivity index (χ4v) is 3.81. The van der Waals surface area contributed by atoms with E-state index in [9.17, 15) is 0 Å². The number of hydrogen-bond acceptors (Lipinski definition) is 5. The quantitative estimate of drug-likeness (QED) is 0.496. The molecule has 0 radical (unpaired) electrons. The molecule has 0 saturated heterocycles. The number of hydrogen-bond donors (Lipinski definition) is 2. The number of benzene rings is 2. The first-order valence-electron chi connectivity index (χ1n) is 8.52. The Balaban J connectivity index is 1.43. The average molecular weight is 364 g/mol. The highest BCUT2D eigenvalue weighted by molar-refractivity contribution is 7.98. The zero-order valence-electron chi connectivity index (χ0n) is 14.5. The third-order valence-corrected chi connectivity index (χ3v) is 5.33. The van der Waals surface area contributed by atoms with Gasteiger partial charge in [0.2, 0.25) is 5.89 Å². The highest BCUT2D eigenvalue weighted by Crippen LogP contribution is 2.26. The first kappa shape index (κ1) is 16.9. The molecule has 2 aromatic heterocycles. The van der Waals surface area contributed by atoms with Crippen molar-refractivity contribution in [1.29, 1.82) is 0 Å². The SMILES string of the molecule is Cc1ccccc1CSc1nnc([C@@H](N)Cc2c[nH]c3ccccc23)o1. The zero-order chi connectivity index (χ0) is 17.9. The molecule has 3 N–H and O–H groups in total. The molecule has 0 aliphatic rings. The van der Waals surface area contributed by atoms with Gasteiger partial charge < -0.3 is 15.1 Å². The molecule has 26 heavy (non-hydrogen) atoms. The van der Waals surface area contributed by atoms with Crippen LogP contribution in [-0.2, 0) is 12.2 Å². The lowest BCUT2D eigenvalue weighted by atomic mass is 10.1. The fourth-order valence-electron chi connectivity index (χ4n) is 2.96. The van der Waals surface area contributed by atoms with Crippen LogP contribution in [0.25, 0.3) is 10.9 Å². The second kappa shape index (κ2) is 7.35. The number of fused-ring (bicyclic) bond motifs is 1. The maximum atomic E-state index is 6.30. The maximum absolute atomic E-state index is 6.30. The highest BCUT2D eigenvalue weighted by atomic mass is 32.2. The zero-order valence-corrected chi connectivity index (χ0v) is 15.3. The molecule has 0 spiro atoms. The number of thioether (sulfide) groups is 1. The van der Waals surface area contributed by atoms with Crippen LogP contribution in [0, 0.1) is 6.92 Å². The van der Waals surface area contributed by atoms with E-state index in [1.807, 2.05) is 30.5 Å². The van der Waals surface area contributed by atoms with E-state index in [4.69, 9.17) is 10.2 Å². The molecule has 0 aliphatic heterocycles. The number of nitrogens with one attached hydrogen (secondary N) is 1. The predicted octanol–water partition coefficient (Wildman–Crippen LogP) is 4.39. The number of para-hydroxylation sites is 1. The van der Waals surface area contributed by atoms with Crippen molar-refractivity contribution >= 4 is 22.7 Å². The van der Waals surface area contributed by atoms with E-state index in [0.29, 0.717) is 17.5 Å². The van der Waals surface area contributed by atoms with Gasteiger partial charge in [-0.2, -0.15) is 0 Å². The highest BCUT2D eigenvalue weighted by Gasteiger charge is 2.17. The summed E-state index contributed by atoms with van der Waals surface area (Å²) in [4.78, 5) is 3.27. The van der Waals surface area contributed by atoms with Crippen LogP contribution in [0.5, 0.6) is 0 Å². The van der Waals surface area contributed by atoms with Crippen LogP contribution in [-0.4, -0.2) is 15.2 Å². The van der Waals surface area contributed by atoms with Gasteiger partial charge in [0.1, 0.15) is 0 Å². The number of aromatic nitrogens is 3. The Bertz CT molecular complexity index is 1020. The molecule has 0 fully saturated rings. The van der Waals surface area contributed by atoms with Crippen LogP contribution in [0.1, 0.15) is 28.6 Å². The molecule has 0 amide bonds. The van der Waals surface area contributed by atoms with E-state index in [1.54, 1.807) is 0 Å². The number of rotatable bonds is 6. The van der Waals surface area contributed by atoms with Crippen LogP contribution >= 0.6 is 11.8 Å². The average Bonchev–Trinajstić information content (AvgIpc) is 3.29. The summed E-state index contributed by atoms with van der Waals surface area (Å²) in [6, 6.07) is 16.2. The van der Waals surface area contributed by atoms with Gasteiger partial charge in [-0.15, -0.1) is 10.2 Å². The monoisotopic (exact) mass is 364 g/mol. The molecule has 1 atom stereocenters. The van der Waals surface area contributed by atoms with E-state index in [-0.39, 0.29) is 6.04 Å². The van der Waals surface area contributed by atoms with E-state index >= 15 is 0 Å². The summed E-state index contributed by atoms with van der Waals surface area (Å²) in [7, 11) is 0. The van der Waals surface area contributed by atoms with Gasteiger partial charge in [-0.25, -0.2) is 0 Å². The fraction of sp³-hybridized carbons (Fsp3) is 0.200. The summed E-state index contributed by atoms with van der Waals surface area (Å²) >= 11 is 1.53. The number of nitrogens with two attached hydrogens (primary N) is 1. The van der Waals surface area contributed by atoms with E-state index in [1.165, 1.54) is 28.3 Å². The van der Waals surface area contributed by atoms with Gasteiger partial charge in [-0.05, 0) is 36.1 Å². The van der Waals surface area contributed by atoms with Gasteiger partial charge in [-0.1, -0.05) is 54.2 Å². The van der Waals surface area contributed by atoms with Gasteiger partial charge >= 0.3 is 0 Å². The number of H-pyrrole nitrogens is 1. The van der Waals surface area contributed by atoms with Crippen LogP contribution in [0.15, 0.2) is 64.4 Å². The molecule has 5 nitrogen and oxygen atoms in total. The topological polar surface area (TPSA) is 80.7 Å². The molecule has 132 valence electrons. The summed E-state index contributed by atoms with van der Waals surface area (Å²) in [5, 5.41) is 10.0. The van der Waals surface area contributed by atoms with Crippen LogP contribution in [0.2, 0.25) is 0 Å². The molecule has 2 aromatic carbocycles. The third-order valence-electron chi connectivity index (χ3n) is 4.47. The smallest absolute Gasteiger partial charge is 0.276 e. The van der Waals surface area contributed by atoms with Crippen molar-refractivity contribution in [3.63, 3.8) is 0 Å². The van der Waals surface area contributed by atoms with E-state index in [2.05, 4.69) is 46.4 Å². The lowest BCUT2D eigenvalue weighted by Gasteiger charge is -2.06. The molecule has 4 rings (SSSR count). The van der Waals surface area contributed by atoms with Gasteiger partial charge in [0.15, 0.2) is 0 Å². The third kappa shape index (κ3) is 3.52. The minimum Gasteiger partial charge on any atom is -0.414 e.